The Balaban J connectivity index is 2.10. The molecule has 0 saturated heterocycles. The number of aromatic nitrogens is 1. The fourth-order valence-corrected chi connectivity index (χ4v) is 2.12. The van der Waals surface area contributed by atoms with Gasteiger partial charge in [-0.1, -0.05) is 6.07 Å². The number of nitrogens with one attached hydrogen (secondary N) is 1. The lowest BCUT2D eigenvalue weighted by molar-refractivity contribution is 0.386. The first-order chi connectivity index (χ1) is 9.89. The number of methoxy groups -OCH3 is 1. The minimum absolute atomic E-state index is 0.0708. The summed E-state index contributed by atoms with van der Waals surface area (Å²) >= 11 is 0. The molecular formula is C17H23FN2O. The molecule has 2 rings (SSSR count). The maximum atomic E-state index is 13.7. The van der Waals surface area contributed by atoms with Gasteiger partial charge in [0.2, 0.25) is 0 Å². The zero-order valence-electron chi connectivity index (χ0n) is 13.1. The van der Waals surface area contributed by atoms with Crippen molar-refractivity contribution in [1.82, 2.24) is 9.88 Å². The summed E-state index contributed by atoms with van der Waals surface area (Å²) in [6.07, 6.45) is 2.02. The monoisotopic (exact) mass is 290 g/mol. The number of halogens is 1. The van der Waals surface area contributed by atoms with Gasteiger partial charge in [-0.15, -0.1) is 0 Å². The molecule has 0 aliphatic carbocycles. The molecule has 1 aromatic heterocycles. The van der Waals surface area contributed by atoms with E-state index in [1.54, 1.807) is 6.07 Å². The summed E-state index contributed by atoms with van der Waals surface area (Å²) in [6.45, 7) is 7.85. The number of hydrogen-bond donors (Lipinski definition) is 1. The quantitative estimate of drug-likeness (QED) is 0.911. The Bertz CT molecular complexity index is 599. The fraction of sp³-hybridized carbons (Fsp3) is 0.412. The molecule has 21 heavy (non-hydrogen) atoms. The molecule has 0 unspecified atom stereocenters. The van der Waals surface area contributed by atoms with Crippen LogP contribution in [0.25, 0.3) is 0 Å². The van der Waals surface area contributed by atoms with Gasteiger partial charge in [0.15, 0.2) is 11.6 Å². The van der Waals surface area contributed by atoms with Crippen molar-refractivity contribution in [1.29, 1.82) is 0 Å². The summed E-state index contributed by atoms with van der Waals surface area (Å²) in [6, 6.07) is 9.18. The molecule has 0 bridgehead atoms. The van der Waals surface area contributed by atoms with Crippen molar-refractivity contribution in [3.63, 3.8) is 0 Å². The molecule has 2 aromatic rings. The van der Waals surface area contributed by atoms with Crippen molar-refractivity contribution in [2.75, 3.05) is 7.11 Å². The van der Waals surface area contributed by atoms with Gasteiger partial charge in [-0.3, -0.25) is 0 Å². The predicted molar refractivity (Wildman–Crippen MR) is 83.1 cm³/mol. The third-order valence-corrected chi connectivity index (χ3v) is 3.29. The van der Waals surface area contributed by atoms with Gasteiger partial charge in [0.1, 0.15) is 0 Å². The average molecular weight is 290 g/mol. The Labute approximate surface area is 125 Å². The Morgan fingerprint density at radius 2 is 2.00 bits per heavy atom. The van der Waals surface area contributed by atoms with Crippen LogP contribution >= 0.6 is 0 Å². The maximum absolute atomic E-state index is 13.7. The highest BCUT2D eigenvalue weighted by atomic mass is 19.1. The van der Waals surface area contributed by atoms with Crippen molar-refractivity contribution >= 4 is 0 Å². The van der Waals surface area contributed by atoms with Crippen LogP contribution in [-0.4, -0.2) is 17.2 Å². The first-order valence-electron chi connectivity index (χ1n) is 7.10. The topological polar surface area (TPSA) is 26.2 Å². The summed E-state index contributed by atoms with van der Waals surface area (Å²) in [5, 5.41) is 3.47. The first-order valence-corrected chi connectivity index (χ1v) is 7.10. The average Bonchev–Trinajstić information content (AvgIpc) is 2.83. The van der Waals surface area contributed by atoms with Crippen molar-refractivity contribution in [2.45, 2.75) is 39.4 Å². The van der Waals surface area contributed by atoms with Gasteiger partial charge in [-0.2, -0.15) is 0 Å². The van der Waals surface area contributed by atoms with Crippen LogP contribution < -0.4 is 10.1 Å². The summed E-state index contributed by atoms with van der Waals surface area (Å²) in [5.74, 6) is -0.0441. The second kappa shape index (κ2) is 6.31. The lowest BCUT2D eigenvalue weighted by atomic mass is 10.1. The summed E-state index contributed by atoms with van der Waals surface area (Å²) < 4.78 is 20.8. The van der Waals surface area contributed by atoms with Crippen LogP contribution in [0.2, 0.25) is 0 Å². The van der Waals surface area contributed by atoms with E-state index in [0.29, 0.717) is 6.54 Å². The van der Waals surface area contributed by atoms with Gasteiger partial charge in [-0.05, 0) is 50.6 Å². The van der Waals surface area contributed by atoms with Gasteiger partial charge < -0.3 is 14.6 Å². The zero-order valence-corrected chi connectivity index (χ0v) is 13.1. The molecule has 1 N–H and O–H groups in total. The van der Waals surface area contributed by atoms with Gasteiger partial charge in [-0.25, -0.2) is 4.39 Å². The van der Waals surface area contributed by atoms with E-state index >= 15 is 0 Å². The highest BCUT2D eigenvalue weighted by Gasteiger charge is 2.11. The highest BCUT2D eigenvalue weighted by Crippen LogP contribution is 2.19. The summed E-state index contributed by atoms with van der Waals surface area (Å²) in [4.78, 5) is 0. The Morgan fingerprint density at radius 3 is 2.62 bits per heavy atom. The van der Waals surface area contributed by atoms with Gasteiger partial charge in [0.05, 0.1) is 7.11 Å². The molecule has 0 aliphatic rings. The third-order valence-electron chi connectivity index (χ3n) is 3.29. The van der Waals surface area contributed by atoms with Crippen LogP contribution in [0.4, 0.5) is 4.39 Å². The molecule has 0 saturated carbocycles. The lowest BCUT2D eigenvalue weighted by Gasteiger charge is -2.21. The van der Waals surface area contributed by atoms with Crippen LogP contribution in [-0.2, 0) is 13.1 Å². The Hall–Kier alpha value is -1.81. The van der Waals surface area contributed by atoms with Crippen molar-refractivity contribution in [2.24, 2.45) is 0 Å². The first kappa shape index (κ1) is 15.6. The largest absolute Gasteiger partial charge is 0.494 e. The maximum Gasteiger partial charge on any atom is 0.165 e. The molecule has 114 valence electrons. The van der Waals surface area contributed by atoms with Crippen LogP contribution in [0.1, 0.15) is 32.0 Å². The summed E-state index contributed by atoms with van der Waals surface area (Å²) in [5.41, 5.74) is 2.17. The van der Waals surface area contributed by atoms with Crippen LogP contribution in [0.15, 0.2) is 36.5 Å². The van der Waals surface area contributed by atoms with E-state index in [2.05, 4.69) is 36.7 Å². The molecule has 4 heteroatoms. The summed E-state index contributed by atoms with van der Waals surface area (Å²) in [7, 11) is 1.47. The molecular weight excluding hydrogens is 267 g/mol. The smallest absolute Gasteiger partial charge is 0.165 e. The second-order valence-electron chi connectivity index (χ2n) is 6.20. The lowest BCUT2D eigenvalue weighted by Crippen LogP contribution is -2.35. The van der Waals surface area contributed by atoms with E-state index in [0.717, 1.165) is 12.1 Å². The Morgan fingerprint density at radius 1 is 1.24 bits per heavy atom. The van der Waals surface area contributed by atoms with Gasteiger partial charge >= 0.3 is 0 Å². The van der Waals surface area contributed by atoms with Crippen LogP contribution in [0.3, 0.4) is 0 Å². The molecule has 1 heterocycles. The second-order valence-corrected chi connectivity index (χ2v) is 6.20. The number of hydrogen-bond acceptors (Lipinski definition) is 2. The minimum atomic E-state index is -0.323. The third kappa shape index (κ3) is 4.33. The van der Waals surface area contributed by atoms with E-state index < -0.39 is 0 Å². The number of nitrogens with zero attached hydrogens (tertiary/aromatic N) is 1. The normalized spacial score (nSPS) is 11.7. The highest BCUT2D eigenvalue weighted by molar-refractivity contribution is 5.29. The number of rotatable bonds is 5. The van der Waals surface area contributed by atoms with Crippen molar-refractivity contribution in [3.05, 3.63) is 53.6 Å². The number of ether oxygens (including phenoxy) is 1. The van der Waals surface area contributed by atoms with E-state index in [9.17, 15) is 4.39 Å². The molecule has 0 fully saturated rings. The predicted octanol–water partition coefficient (Wildman–Crippen LogP) is 3.57. The fourth-order valence-electron chi connectivity index (χ4n) is 2.12. The number of benzene rings is 1. The molecule has 0 radical (unpaired) electrons. The molecule has 0 spiro atoms. The Kier molecular flexibility index (Phi) is 4.68. The molecule has 3 nitrogen and oxygen atoms in total. The van der Waals surface area contributed by atoms with E-state index in [-0.39, 0.29) is 17.1 Å². The SMILES string of the molecule is COc1ccc(Cn2cccc2CNC(C)(C)C)cc1F. The van der Waals surface area contributed by atoms with E-state index in [1.165, 1.54) is 18.9 Å². The van der Waals surface area contributed by atoms with E-state index in [4.69, 9.17) is 4.74 Å². The van der Waals surface area contributed by atoms with Crippen LogP contribution in [0.5, 0.6) is 5.75 Å². The molecule has 0 aliphatic heterocycles. The van der Waals surface area contributed by atoms with Gasteiger partial charge in [0.25, 0.3) is 0 Å². The molecule has 1 aromatic carbocycles. The standard InChI is InChI=1S/C17H23FN2O/c1-17(2,3)19-11-14-6-5-9-20(14)12-13-7-8-16(21-4)15(18)10-13/h5-10,19H,11-12H2,1-4H3. The van der Waals surface area contributed by atoms with Gasteiger partial charge in [0, 0.05) is 30.5 Å². The zero-order chi connectivity index (χ0) is 15.5. The minimum Gasteiger partial charge on any atom is -0.494 e. The van der Waals surface area contributed by atoms with Crippen LogP contribution in [0, 0.1) is 5.82 Å². The molecule has 0 atom stereocenters. The molecule has 0 amide bonds. The van der Waals surface area contributed by atoms with E-state index in [1.807, 2.05) is 18.3 Å². The van der Waals surface area contributed by atoms with Crippen molar-refractivity contribution in [3.8, 4) is 5.75 Å². The van der Waals surface area contributed by atoms with Crippen molar-refractivity contribution < 1.29 is 9.13 Å².